The summed E-state index contributed by atoms with van der Waals surface area (Å²) in [4.78, 5) is 21.2. The van der Waals surface area contributed by atoms with Gasteiger partial charge in [0.05, 0.1) is 5.69 Å². The van der Waals surface area contributed by atoms with E-state index in [2.05, 4.69) is 31.2 Å². The molecule has 0 N–H and O–H groups in total. The van der Waals surface area contributed by atoms with E-state index < -0.39 is 0 Å². The molecule has 1 heterocycles. The highest BCUT2D eigenvalue weighted by atomic mass is 32.1. The molecule has 1 aliphatic rings. The Morgan fingerprint density at radius 1 is 1.11 bits per heavy atom. The van der Waals surface area contributed by atoms with Gasteiger partial charge in [-0.05, 0) is 31.7 Å². The van der Waals surface area contributed by atoms with Gasteiger partial charge < -0.3 is 4.90 Å². The van der Waals surface area contributed by atoms with Crippen LogP contribution in [0.1, 0.15) is 29.5 Å². The summed E-state index contributed by atoms with van der Waals surface area (Å²) in [7, 11) is 0. The van der Waals surface area contributed by atoms with Crippen molar-refractivity contribution in [3.05, 3.63) is 76.8 Å². The summed E-state index contributed by atoms with van der Waals surface area (Å²) in [6.45, 7) is 3.50. The molecule has 0 saturated carbocycles. The Morgan fingerprint density at radius 2 is 1.81 bits per heavy atom. The van der Waals surface area contributed by atoms with Crippen molar-refractivity contribution in [2.75, 3.05) is 6.54 Å². The summed E-state index contributed by atoms with van der Waals surface area (Å²) >= 11 is 1.75. The first-order chi connectivity index (χ1) is 13.2. The topological polar surface area (TPSA) is 33.2 Å². The minimum absolute atomic E-state index is 0.0743. The number of hydrogen-bond donors (Lipinski definition) is 0. The summed E-state index contributed by atoms with van der Waals surface area (Å²) in [5.41, 5.74) is 3.54. The third-order valence-electron chi connectivity index (χ3n) is 5.22. The molecule has 4 rings (SSSR count). The van der Waals surface area contributed by atoms with Gasteiger partial charge in [-0.2, -0.15) is 0 Å². The van der Waals surface area contributed by atoms with E-state index in [0.29, 0.717) is 6.54 Å². The molecule has 1 atom stereocenters. The van der Waals surface area contributed by atoms with Crippen molar-refractivity contribution in [1.82, 2.24) is 9.88 Å². The third kappa shape index (κ3) is 3.96. The van der Waals surface area contributed by atoms with Gasteiger partial charge in [0.2, 0.25) is 5.91 Å². The van der Waals surface area contributed by atoms with Crippen molar-refractivity contribution in [3.8, 4) is 10.6 Å². The predicted octanol–water partition coefficient (Wildman–Crippen LogP) is 4.96. The van der Waals surface area contributed by atoms with E-state index in [0.717, 1.165) is 30.8 Å². The Balaban J connectivity index is 1.48. The van der Waals surface area contributed by atoms with Gasteiger partial charge in [-0.3, -0.25) is 4.79 Å². The van der Waals surface area contributed by atoms with Crippen LogP contribution in [0.3, 0.4) is 0 Å². The summed E-state index contributed by atoms with van der Waals surface area (Å²) in [6.07, 6.45) is 2.62. The van der Waals surface area contributed by atoms with Crippen molar-refractivity contribution < 1.29 is 4.79 Å². The van der Waals surface area contributed by atoms with Crippen LogP contribution in [-0.4, -0.2) is 22.3 Å². The van der Waals surface area contributed by atoms with Gasteiger partial charge in [0, 0.05) is 29.4 Å². The molecule has 0 radical (unpaired) electrons. The zero-order valence-electron chi connectivity index (χ0n) is 15.6. The number of thiazole rings is 1. The molecule has 1 aliphatic carbocycles. The van der Waals surface area contributed by atoms with Crippen LogP contribution in [0.2, 0.25) is 0 Å². The standard InChI is InChI=1S/C23H24N2OS/c1-2-25(16-17-9-5-3-6-10-17)23(26)19-13-14-20-21(15-19)27-22(24-20)18-11-7-4-8-12-18/h3-12,19H,2,13-16H2,1H3. The molecular weight excluding hydrogens is 352 g/mol. The average Bonchev–Trinajstić information content (AvgIpc) is 3.16. The zero-order chi connectivity index (χ0) is 18.6. The molecule has 2 aromatic carbocycles. The molecule has 0 saturated heterocycles. The number of hydrogen-bond acceptors (Lipinski definition) is 3. The molecule has 1 unspecified atom stereocenters. The van der Waals surface area contributed by atoms with Crippen LogP contribution < -0.4 is 0 Å². The number of fused-ring (bicyclic) bond motifs is 1. The van der Waals surface area contributed by atoms with Crippen LogP contribution in [0, 0.1) is 5.92 Å². The molecule has 0 aliphatic heterocycles. The smallest absolute Gasteiger partial charge is 0.226 e. The fourth-order valence-corrected chi connectivity index (χ4v) is 4.89. The van der Waals surface area contributed by atoms with Gasteiger partial charge in [0.1, 0.15) is 5.01 Å². The fourth-order valence-electron chi connectivity index (χ4n) is 3.70. The van der Waals surface area contributed by atoms with Gasteiger partial charge in [-0.25, -0.2) is 4.98 Å². The normalized spacial score (nSPS) is 16.0. The summed E-state index contributed by atoms with van der Waals surface area (Å²) in [5, 5.41) is 1.07. The highest BCUT2D eigenvalue weighted by Crippen LogP contribution is 2.35. The van der Waals surface area contributed by atoms with Crippen molar-refractivity contribution in [2.24, 2.45) is 5.92 Å². The SMILES string of the molecule is CCN(Cc1ccccc1)C(=O)C1CCc2nc(-c3ccccc3)sc2C1. The maximum Gasteiger partial charge on any atom is 0.226 e. The second-order valence-corrected chi connectivity index (χ2v) is 8.12. The fraction of sp³-hybridized carbons (Fsp3) is 0.304. The lowest BCUT2D eigenvalue weighted by atomic mass is 9.90. The molecule has 0 fully saturated rings. The molecule has 4 heteroatoms. The Labute approximate surface area is 164 Å². The molecular formula is C23H24N2OS. The maximum atomic E-state index is 13.1. The number of rotatable bonds is 5. The van der Waals surface area contributed by atoms with E-state index >= 15 is 0 Å². The van der Waals surface area contributed by atoms with Gasteiger partial charge >= 0.3 is 0 Å². The van der Waals surface area contributed by atoms with Gasteiger partial charge in [0.25, 0.3) is 0 Å². The number of benzene rings is 2. The van der Waals surface area contributed by atoms with Gasteiger partial charge in [0.15, 0.2) is 0 Å². The minimum atomic E-state index is 0.0743. The first-order valence-electron chi connectivity index (χ1n) is 9.61. The van der Waals surface area contributed by atoms with Gasteiger partial charge in [-0.1, -0.05) is 60.7 Å². The largest absolute Gasteiger partial charge is 0.338 e. The third-order valence-corrected chi connectivity index (χ3v) is 6.39. The van der Waals surface area contributed by atoms with Crippen LogP contribution in [-0.2, 0) is 24.2 Å². The molecule has 1 aromatic heterocycles. The van der Waals surface area contributed by atoms with E-state index in [1.807, 2.05) is 41.3 Å². The Kier molecular flexibility index (Phi) is 5.35. The number of carbonyl (C=O) groups excluding carboxylic acids is 1. The highest BCUT2D eigenvalue weighted by molar-refractivity contribution is 7.15. The molecule has 3 nitrogen and oxygen atoms in total. The van der Waals surface area contributed by atoms with Crippen LogP contribution in [0.15, 0.2) is 60.7 Å². The first-order valence-corrected chi connectivity index (χ1v) is 10.4. The monoisotopic (exact) mass is 376 g/mol. The lowest BCUT2D eigenvalue weighted by Gasteiger charge is -2.28. The van der Waals surface area contributed by atoms with Crippen molar-refractivity contribution in [2.45, 2.75) is 32.7 Å². The number of carbonyl (C=O) groups is 1. The quantitative estimate of drug-likeness (QED) is 0.630. The molecule has 0 bridgehead atoms. The van der Waals surface area contributed by atoms with Crippen LogP contribution in [0.5, 0.6) is 0 Å². The van der Waals surface area contributed by atoms with E-state index in [9.17, 15) is 4.79 Å². The number of amides is 1. The van der Waals surface area contributed by atoms with E-state index in [-0.39, 0.29) is 11.8 Å². The molecule has 138 valence electrons. The molecule has 0 spiro atoms. The summed E-state index contributed by atoms with van der Waals surface area (Å²) in [5.74, 6) is 0.354. The molecule has 3 aromatic rings. The van der Waals surface area contributed by atoms with Crippen LogP contribution in [0.25, 0.3) is 10.6 Å². The van der Waals surface area contributed by atoms with Crippen LogP contribution >= 0.6 is 11.3 Å². The number of nitrogens with zero attached hydrogens (tertiary/aromatic N) is 2. The Morgan fingerprint density at radius 3 is 2.52 bits per heavy atom. The van der Waals surface area contributed by atoms with Crippen molar-refractivity contribution in [1.29, 1.82) is 0 Å². The average molecular weight is 377 g/mol. The summed E-state index contributed by atoms with van der Waals surface area (Å²) in [6, 6.07) is 20.6. The lowest BCUT2D eigenvalue weighted by molar-refractivity contribution is -0.136. The van der Waals surface area contributed by atoms with Crippen LogP contribution in [0.4, 0.5) is 0 Å². The predicted molar refractivity (Wildman–Crippen MR) is 111 cm³/mol. The van der Waals surface area contributed by atoms with Crippen molar-refractivity contribution >= 4 is 17.2 Å². The second kappa shape index (κ2) is 8.05. The zero-order valence-corrected chi connectivity index (χ0v) is 16.4. The van der Waals surface area contributed by atoms with E-state index in [4.69, 9.17) is 4.98 Å². The lowest BCUT2D eigenvalue weighted by Crippen LogP contribution is -2.37. The number of aryl methyl sites for hydroxylation is 1. The number of aromatic nitrogens is 1. The molecule has 27 heavy (non-hydrogen) atoms. The second-order valence-electron chi connectivity index (χ2n) is 7.03. The maximum absolute atomic E-state index is 13.1. The Hall–Kier alpha value is -2.46. The minimum Gasteiger partial charge on any atom is -0.338 e. The summed E-state index contributed by atoms with van der Waals surface area (Å²) < 4.78 is 0. The first kappa shape index (κ1) is 17.9. The van der Waals surface area contributed by atoms with Crippen molar-refractivity contribution in [3.63, 3.8) is 0 Å². The van der Waals surface area contributed by atoms with E-state index in [1.54, 1.807) is 11.3 Å². The highest BCUT2D eigenvalue weighted by Gasteiger charge is 2.30. The Bertz CT molecular complexity index is 905. The van der Waals surface area contributed by atoms with E-state index in [1.165, 1.54) is 21.7 Å². The van der Waals surface area contributed by atoms with Gasteiger partial charge in [-0.15, -0.1) is 11.3 Å². The molecule has 1 amide bonds.